The van der Waals surface area contributed by atoms with Gasteiger partial charge >= 0.3 is 5.97 Å². The van der Waals surface area contributed by atoms with Crippen LogP contribution >= 0.6 is 12.4 Å². The van der Waals surface area contributed by atoms with Gasteiger partial charge in [-0.15, -0.1) is 12.4 Å². The van der Waals surface area contributed by atoms with Crippen molar-refractivity contribution in [1.82, 2.24) is 69.7 Å². The molecule has 11 rings (SSSR count). The van der Waals surface area contributed by atoms with Crippen molar-refractivity contribution in [2.24, 2.45) is 35.2 Å². The number of nitrogens with one attached hydrogen (secondary N) is 4. The molecule has 4 amide bonds. The summed E-state index contributed by atoms with van der Waals surface area (Å²) in [7, 11) is 17.1. The summed E-state index contributed by atoms with van der Waals surface area (Å²) < 4.78 is 19.1. The minimum atomic E-state index is -0.608. The second-order valence-corrected chi connectivity index (χ2v) is 31.7. The molecular weight excluding hydrogens is 1790 g/mol. The summed E-state index contributed by atoms with van der Waals surface area (Å²) in [6, 6.07) is 37.2. The van der Waals surface area contributed by atoms with Gasteiger partial charge in [-0.3, -0.25) is 83.7 Å². The highest BCUT2D eigenvalue weighted by molar-refractivity contribution is 8.64. The number of nitrogens with zero attached hydrogens (tertiary/aromatic N) is 10. The Labute approximate surface area is 776 Å². The number of hydroxylamine groups is 4. The number of carbonyl (C=O) groups is 10. The van der Waals surface area contributed by atoms with E-state index in [2.05, 4.69) is 57.5 Å². The Hall–Kier alpha value is -13.4. The third-order valence-corrected chi connectivity index (χ3v) is 23.4. The Morgan fingerprint density at radius 2 is 0.667 bits per heavy atom. The fraction of sp³-hybridized carbons (Fsp3) is 0.176. The molecule has 0 saturated carbocycles. The third-order valence-electron chi connectivity index (χ3n) is 16.8. The molecule has 0 aromatic carbocycles. The average molecular weight is 1890 g/mol. The summed E-state index contributed by atoms with van der Waals surface area (Å²) in [5.74, 6) is -3.27. The highest BCUT2D eigenvalue weighted by atomic mass is 35.5. The predicted molar refractivity (Wildman–Crippen MR) is 521 cm³/mol. The molecule has 10 aromatic heterocycles. The number of hydrogen-bond donors (Lipinski definition) is 8. The van der Waals surface area contributed by atoms with Crippen molar-refractivity contribution in [3.05, 3.63) is 329 Å². The van der Waals surface area contributed by atoms with Crippen molar-refractivity contribution < 1.29 is 83.0 Å². The number of ketones is 5. The number of aromatic nitrogens is 10. The molecule has 1 aliphatic rings. The number of aliphatic hydroxyl groups excluding tert-OH is 1. The number of allylic oxidation sites excluding steroid dienone is 5. The molecule has 1 fully saturated rings. The van der Waals surface area contributed by atoms with E-state index in [1.54, 1.807) is 184 Å². The van der Waals surface area contributed by atoms with Gasteiger partial charge in [-0.2, -0.15) is 0 Å². The largest absolute Gasteiger partial charge is 0.466 e. The summed E-state index contributed by atoms with van der Waals surface area (Å²) in [6.07, 6.45) is 46.9. The van der Waals surface area contributed by atoms with E-state index in [-0.39, 0.29) is 83.2 Å². The molecule has 129 heavy (non-hydrogen) atoms. The first-order valence-electron chi connectivity index (χ1n) is 36.7. The van der Waals surface area contributed by atoms with Gasteiger partial charge in [0, 0.05) is 279 Å². The number of rotatable bonds is 27. The van der Waals surface area contributed by atoms with Crippen molar-refractivity contribution in [2.45, 2.75) is 55.3 Å². The number of methoxy groups -OCH3 is 1. The number of halogens is 1. The van der Waals surface area contributed by atoms with Crippen LogP contribution in [0, 0.1) is 0 Å². The Bertz CT molecular complexity index is 5210. The zero-order chi connectivity index (χ0) is 90.4. The Kier molecular flexibility index (Phi) is 59.2. The maximum absolute atomic E-state index is 12.1. The molecule has 1 unspecified atom stereocenters. The van der Waals surface area contributed by atoms with E-state index in [4.69, 9.17) is 30.3 Å². The summed E-state index contributed by atoms with van der Waals surface area (Å²) in [6.45, 7) is 0.652. The monoisotopic (exact) mass is 1890 g/mol. The molecule has 684 valence electrons. The van der Waals surface area contributed by atoms with Crippen molar-refractivity contribution in [3.8, 4) is 0 Å². The van der Waals surface area contributed by atoms with E-state index in [0.717, 1.165) is 83.3 Å². The molecule has 0 radical (unpaired) electrons. The summed E-state index contributed by atoms with van der Waals surface area (Å²) in [5, 5.41) is 32.3. The van der Waals surface area contributed by atoms with Crippen molar-refractivity contribution in [1.29, 1.82) is 0 Å². The molecule has 8 N–H and O–H groups in total. The third kappa shape index (κ3) is 42.2. The standard InChI is InChI=1S/C21H23N3O4.C17H16N2O3.3C16H15N3O3.CH4O.4CH4.ClH.S6/c1-24-17(9-11-19(25)16-5-4-13-22-15-16)7-8-18(24)10-12-20(26)23-28-21-6-2-3-14-27-21;1-19-14(5-6-15(19)8-10-17(21)22-2)7-9-16(20)13-4-3-11-18-12-13;2*1-19-13(4-5-14(19)7-9-16(21)18-22)6-8-15(20)12-3-2-10-17-11-12;1-19-12(5-6-13(19)8-10-16(21)18-22)7-9-15(20)14-4-2-3-11-17-14;1-2;;;;;;1-3-5-6-4-2/h4-5,7-13,15,21H,2-3,6,14H2,1H3,(H,23,26);3-12H,1-2H3;3*2-11,22H,1H3,(H,18,21);2H,1H3;4*1H4;1H;/b11-9+,12-10+;9-7+,10-8+;2*8-6+,9-7+;9-7+,10-8+;;;;;;;. The van der Waals surface area contributed by atoms with Crippen LogP contribution in [-0.2, 0) is 131 Å². The highest BCUT2D eigenvalue weighted by Crippen LogP contribution is 2.19. The van der Waals surface area contributed by atoms with E-state index in [1.807, 2.05) is 93.5 Å². The van der Waals surface area contributed by atoms with Crippen LogP contribution in [0.5, 0.6) is 0 Å². The lowest BCUT2D eigenvalue weighted by molar-refractivity contribution is -0.198. The van der Waals surface area contributed by atoms with Crippen LogP contribution in [0.25, 0.3) is 60.8 Å². The molecule has 31 nitrogen and oxygen atoms in total. The van der Waals surface area contributed by atoms with Crippen LogP contribution in [0.4, 0.5) is 0 Å². The normalized spacial score (nSPS) is 11.7. The van der Waals surface area contributed by atoms with E-state index in [9.17, 15) is 47.9 Å². The lowest BCUT2D eigenvalue weighted by Gasteiger charge is -2.21. The molecule has 1 saturated heterocycles. The molecular formula is C91H105ClN14O17S6. The van der Waals surface area contributed by atoms with E-state index in [1.165, 1.54) is 145 Å². The fourth-order valence-electron chi connectivity index (χ4n) is 10.2. The second-order valence-electron chi connectivity index (χ2n) is 24.7. The number of ether oxygens (including phenoxy) is 2. The van der Waals surface area contributed by atoms with E-state index < -0.39 is 23.7 Å². The molecule has 10 aromatic rings. The van der Waals surface area contributed by atoms with Crippen LogP contribution in [0.3, 0.4) is 0 Å². The maximum Gasteiger partial charge on any atom is 0.330 e. The lowest BCUT2D eigenvalue weighted by atomic mass is 10.2. The number of hydrogen-bond acceptors (Lipinski definition) is 24. The average Bonchev–Trinajstić information content (AvgIpc) is 1.74. The first-order valence-corrected chi connectivity index (χ1v) is 43.3. The molecule has 38 heteroatoms. The van der Waals surface area contributed by atoms with Crippen LogP contribution in [-0.4, -0.2) is 154 Å². The van der Waals surface area contributed by atoms with Crippen LogP contribution in [0.1, 0.15) is 158 Å². The summed E-state index contributed by atoms with van der Waals surface area (Å²) >= 11 is 9.03. The maximum atomic E-state index is 12.1. The number of esters is 1. The molecule has 1 aliphatic heterocycles. The van der Waals surface area contributed by atoms with Crippen LogP contribution in [0.2, 0.25) is 0 Å². The molecule has 0 aliphatic carbocycles. The second kappa shape index (κ2) is 66.1. The van der Waals surface area contributed by atoms with Crippen molar-refractivity contribution >= 4 is 190 Å². The van der Waals surface area contributed by atoms with Gasteiger partial charge in [-0.25, -0.2) is 31.6 Å². The number of amides is 4. The highest BCUT2D eigenvalue weighted by Gasteiger charge is 2.16. The van der Waals surface area contributed by atoms with Gasteiger partial charge in [-0.05, 0) is 225 Å². The van der Waals surface area contributed by atoms with Crippen molar-refractivity contribution in [3.63, 3.8) is 0 Å². The van der Waals surface area contributed by atoms with Gasteiger partial charge in [0.1, 0.15) is 5.69 Å². The number of carbonyl (C=O) groups excluding carboxylic acids is 10. The van der Waals surface area contributed by atoms with Gasteiger partial charge in [0.15, 0.2) is 29.4 Å². The minimum Gasteiger partial charge on any atom is -0.466 e. The first kappa shape index (κ1) is 116. The summed E-state index contributed by atoms with van der Waals surface area (Å²) in [4.78, 5) is 141. The van der Waals surface area contributed by atoms with Gasteiger partial charge < -0.3 is 37.4 Å². The zero-order valence-electron chi connectivity index (χ0n) is 68.2. The lowest BCUT2D eigenvalue weighted by Crippen LogP contribution is -2.32. The molecule has 0 bridgehead atoms. The SMILES string of the molecule is C.C.C.C.CO.COC(=O)/C=C/c1ccc(/C=C/C(=O)c2cccnc2)n1C.Cl.Cn1c(/C=C/C(=O)NO)ccc1/C=C/C(=O)c1ccccn1.Cn1c(/C=C/C(=O)NO)ccc1/C=C/C(=O)c1cccnc1.Cn1c(/C=C/C(=O)NO)ccc1/C=C/C(=O)c1cccnc1.Cn1c(/C=C/C(=O)NOC2CCCCO2)ccc1/C=C/C(=O)c1cccnc1.S=S=S=S=S=S. The molecule has 0 spiro atoms. The number of aliphatic hydroxyl groups is 1. The smallest absolute Gasteiger partial charge is 0.330 e. The van der Waals surface area contributed by atoms with Crippen LogP contribution in [0.15, 0.2) is 244 Å². The van der Waals surface area contributed by atoms with Crippen LogP contribution < -0.4 is 21.9 Å². The van der Waals surface area contributed by atoms with Gasteiger partial charge in [-0.1, -0.05) is 35.8 Å². The Morgan fingerprint density at radius 1 is 0.388 bits per heavy atom. The van der Waals surface area contributed by atoms with E-state index in [0.29, 0.717) is 34.6 Å². The summed E-state index contributed by atoms with van der Waals surface area (Å²) in [5.41, 5.74) is 17.5. The topological polar surface area (TPSA) is 417 Å². The predicted octanol–water partition coefficient (Wildman–Crippen LogP) is 13.5. The quantitative estimate of drug-likeness (QED) is 0.00779. The Morgan fingerprint density at radius 3 is 0.907 bits per heavy atom. The zero-order valence-corrected chi connectivity index (χ0v) is 73.9. The molecule has 1 atom stereocenters. The fourth-order valence-corrected chi connectivity index (χ4v) is 15.7. The Balaban J connectivity index is 0.00000154. The van der Waals surface area contributed by atoms with Gasteiger partial charge in [0.05, 0.1) is 7.11 Å². The van der Waals surface area contributed by atoms with Gasteiger partial charge in [0.25, 0.3) is 23.6 Å². The van der Waals surface area contributed by atoms with Gasteiger partial charge in [0.2, 0.25) is 5.78 Å². The first-order chi connectivity index (χ1) is 60.0. The molecule has 11 heterocycles. The van der Waals surface area contributed by atoms with Crippen molar-refractivity contribution in [2.75, 3.05) is 20.8 Å². The van der Waals surface area contributed by atoms with E-state index >= 15 is 0 Å². The number of pyridine rings is 5. The minimum absolute atomic E-state index is 0.